The van der Waals surface area contributed by atoms with Gasteiger partial charge in [0.25, 0.3) is 15.7 Å². The minimum Gasteiger partial charge on any atom is -0.329 e. The number of sulfonamides is 1. The lowest BCUT2D eigenvalue weighted by molar-refractivity contribution is -0.387. The topological polar surface area (TPSA) is 107 Å². The molecule has 0 saturated carbocycles. The lowest BCUT2D eigenvalue weighted by Gasteiger charge is -2.13. The van der Waals surface area contributed by atoms with Gasteiger partial charge in [-0.2, -0.15) is 0 Å². The summed E-state index contributed by atoms with van der Waals surface area (Å²) in [7, 11) is -2.33. The van der Waals surface area contributed by atoms with Crippen molar-refractivity contribution in [1.29, 1.82) is 0 Å². The first kappa shape index (κ1) is 18.9. The van der Waals surface area contributed by atoms with Gasteiger partial charge in [0, 0.05) is 30.4 Å². The lowest BCUT2D eigenvalue weighted by atomic mass is 10.2. The number of aromatic nitrogens is 2. The summed E-state index contributed by atoms with van der Waals surface area (Å²) in [6, 6.07) is 11.0. The van der Waals surface area contributed by atoms with E-state index in [0.717, 1.165) is 0 Å². The van der Waals surface area contributed by atoms with Gasteiger partial charge in [-0.15, -0.1) is 0 Å². The molecule has 0 fully saturated rings. The van der Waals surface area contributed by atoms with Gasteiger partial charge in [-0.05, 0) is 36.4 Å². The number of aryl methyl sites for hydroxylation is 2. The first-order valence-electron chi connectivity index (χ1n) is 7.80. The summed E-state index contributed by atoms with van der Waals surface area (Å²) < 4.78 is 30.1. The van der Waals surface area contributed by atoms with E-state index in [1.807, 2.05) is 11.6 Å². The number of para-hydroxylation sites is 1. The molecule has 1 aromatic heterocycles. The fraction of sp³-hybridized carbons (Fsp3) is 0.118. The van der Waals surface area contributed by atoms with E-state index in [2.05, 4.69) is 9.71 Å². The number of nitrogens with one attached hydrogen (secondary N) is 1. The van der Waals surface area contributed by atoms with Crippen LogP contribution in [0.3, 0.4) is 0 Å². The van der Waals surface area contributed by atoms with E-state index in [-0.39, 0.29) is 4.90 Å². The molecule has 3 rings (SSSR count). The van der Waals surface area contributed by atoms with Crippen molar-refractivity contribution in [1.82, 2.24) is 9.55 Å². The molecule has 140 valence electrons. The van der Waals surface area contributed by atoms with Crippen LogP contribution in [-0.2, 0) is 17.1 Å². The Hall–Kier alpha value is -2.85. The minimum absolute atomic E-state index is 0.297. The van der Waals surface area contributed by atoms with Crippen molar-refractivity contribution in [3.63, 3.8) is 0 Å². The predicted molar refractivity (Wildman–Crippen MR) is 102 cm³/mol. The average Bonchev–Trinajstić information content (AvgIpc) is 3.00. The highest BCUT2D eigenvalue weighted by Gasteiger charge is 2.28. The van der Waals surface area contributed by atoms with Crippen LogP contribution in [0.5, 0.6) is 0 Å². The number of nitrogens with zero attached hydrogens (tertiary/aromatic N) is 3. The second-order valence-corrected chi connectivity index (χ2v) is 8.33. The normalized spacial score (nSPS) is 11.3. The summed E-state index contributed by atoms with van der Waals surface area (Å²) in [6.45, 7) is 1.52. The summed E-state index contributed by atoms with van der Waals surface area (Å²) in [5.41, 5.74) is 0.158. The van der Waals surface area contributed by atoms with Gasteiger partial charge in [-0.25, -0.2) is 13.4 Å². The highest BCUT2D eigenvalue weighted by Crippen LogP contribution is 2.35. The van der Waals surface area contributed by atoms with E-state index in [0.29, 0.717) is 21.3 Å². The zero-order chi connectivity index (χ0) is 19.6. The Bertz CT molecular complexity index is 1110. The molecule has 27 heavy (non-hydrogen) atoms. The third kappa shape index (κ3) is 3.96. The molecule has 0 aliphatic carbocycles. The van der Waals surface area contributed by atoms with Gasteiger partial charge in [0.15, 0.2) is 10.1 Å². The zero-order valence-electron chi connectivity index (χ0n) is 14.5. The molecule has 0 radical (unpaired) electrons. The maximum absolute atomic E-state index is 12.9. The molecule has 0 amide bonds. The molecule has 0 bridgehead atoms. The van der Waals surface area contributed by atoms with Gasteiger partial charge in [0.2, 0.25) is 0 Å². The molecule has 2 aromatic carbocycles. The van der Waals surface area contributed by atoms with Crippen LogP contribution in [0.2, 0.25) is 0 Å². The lowest BCUT2D eigenvalue weighted by Crippen LogP contribution is -2.16. The van der Waals surface area contributed by atoms with Crippen LogP contribution in [-0.4, -0.2) is 22.9 Å². The predicted octanol–water partition coefficient (Wildman–Crippen LogP) is 3.59. The van der Waals surface area contributed by atoms with E-state index >= 15 is 0 Å². The Morgan fingerprint density at radius 2 is 1.93 bits per heavy atom. The third-order valence-electron chi connectivity index (χ3n) is 3.77. The van der Waals surface area contributed by atoms with Crippen molar-refractivity contribution in [3.8, 4) is 0 Å². The Labute approximate surface area is 160 Å². The first-order chi connectivity index (χ1) is 12.8. The molecule has 1 heterocycles. The van der Waals surface area contributed by atoms with Crippen LogP contribution >= 0.6 is 11.8 Å². The van der Waals surface area contributed by atoms with Crippen molar-refractivity contribution < 1.29 is 13.3 Å². The summed E-state index contributed by atoms with van der Waals surface area (Å²) in [5, 5.41) is 12.0. The van der Waals surface area contributed by atoms with E-state index in [1.54, 1.807) is 36.7 Å². The monoisotopic (exact) mass is 404 g/mol. The fourth-order valence-corrected chi connectivity index (χ4v) is 4.95. The molecule has 0 atom stereocenters. The fourth-order valence-electron chi connectivity index (χ4n) is 2.51. The molecule has 0 aliphatic rings. The van der Waals surface area contributed by atoms with Gasteiger partial charge in [-0.1, -0.05) is 24.3 Å². The molecular formula is C17H16N4O4S2. The minimum atomic E-state index is -4.16. The number of anilines is 1. The number of nitro benzene ring substituents is 1. The maximum atomic E-state index is 12.9. The van der Waals surface area contributed by atoms with Crippen molar-refractivity contribution in [3.05, 3.63) is 70.5 Å². The summed E-state index contributed by atoms with van der Waals surface area (Å²) in [6.07, 6.45) is 3.43. The van der Waals surface area contributed by atoms with Gasteiger partial charge >= 0.3 is 0 Å². The highest BCUT2D eigenvalue weighted by atomic mass is 32.2. The smallest absolute Gasteiger partial charge is 0.290 e. The first-order valence-corrected chi connectivity index (χ1v) is 10.1. The van der Waals surface area contributed by atoms with Crippen LogP contribution in [0.15, 0.2) is 69.8 Å². The Morgan fingerprint density at radius 1 is 1.19 bits per heavy atom. The van der Waals surface area contributed by atoms with E-state index in [9.17, 15) is 18.5 Å². The van der Waals surface area contributed by atoms with E-state index in [4.69, 9.17) is 0 Å². The van der Waals surface area contributed by atoms with Crippen LogP contribution in [0, 0.1) is 17.0 Å². The summed E-state index contributed by atoms with van der Waals surface area (Å²) >= 11 is 1.29. The summed E-state index contributed by atoms with van der Waals surface area (Å²) in [5.74, 6) is 0. The highest BCUT2D eigenvalue weighted by molar-refractivity contribution is 7.99. The quantitative estimate of drug-likeness (QED) is 0.497. The van der Waals surface area contributed by atoms with Crippen molar-refractivity contribution in [2.75, 3.05) is 4.72 Å². The van der Waals surface area contributed by atoms with Crippen LogP contribution in [0.1, 0.15) is 5.56 Å². The number of hydrogen-bond acceptors (Lipinski definition) is 6. The second kappa shape index (κ2) is 7.41. The van der Waals surface area contributed by atoms with Gasteiger partial charge in [0.05, 0.1) is 10.6 Å². The van der Waals surface area contributed by atoms with E-state index < -0.39 is 20.6 Å². The van der Waals surface area contributed by atoms with Gasteiger partial charge in [0.1, 0.15) is 0 Å². The van der Waals surface area contributed by atoms with Gasteiger partial charge in [-0.3, -0.25) is 14.8 Å². The number of nitro groups is 1. The molecule has 3 aromatic rings. The Morgan fingerprint density at radius 3 is 2.59 bits per heavy atom. The summed E-state index contributed by atoms with van der Waals surface area (Å²) in [4.78, 5) is 15.1. The molecule has 10 heteroatoms. The van der Waals surface area contributed by atoms with Crippen molar-refractivity contribution in [2.24, 2.45) is 7.05 Å². The molecule has 0 saturated heterocycles. The van der Waals surface area contributed by atoms with Crippen molar-refractivity contribution >= 4 is 33.2 Å². The molecule has 1 N–H and O–H groups in total. The van der Waals surface area contributed by atoms with E-state index in [1.165, 1.54) is 36.9 Å². The van der Waals surface area contributed by atoms with Crippen LogP contribution < -0.4 is 4.72 Å². The molecular weight excluding hydrogens is 388 g/mol. The molecule has 8 nitrogen and oxygen atoms in total. The second-order valence-electron chi connectivity index (χ2n) is 5.70. The average molecular weight is 404 g/mol. The zero-order valence-corrected chi connectivity index (χ0v) is 16.1. The van der Waals surface area contributed by atoms with Crippen LogP contribution in [0.25, 0.3) is 0 Å². The standard InChI is InChI=1S/C17H16N4O4S2/c1-12-6-5-8-14(21(22)23)16(12)27(24,25)19-13-7-3-4-9-15(13)26-17-18-10-11-20(17)2/h3-11,19H,1-2H3. The third-order valence-corrected chi connectivity index (χ3v) is 6.48. The Balaban J connectivity index is 2.01. The molecule has 0 spiro atoms. The number of imidazole rings is 1. The number of hydrogen-bond donors (Lipinski definition) is 1. The number of rotatable bonds is 6. The maximum Gasteiger partial charge on any atom is 0.290 e. The van der Waals surface area contributed by atoms with Crippen LogP contribution in [0.4, 0.5) is 11.4 Å². The van der Waals surface area contributed by atoms with Gasteiger partial charge < -0.3 is 4.57 Å². The largest absolute Gasteiger partial charge is 0.329 e. The molecule has 0 aliphatic heterocycles. The number of benzene rings is 2. The molecule has 0 unspecified atom stereocenters. The van der Waals surface area contributed by atoms with Crippen molar-refractivity contribution in [2.45, 2.75) is 21.9 Å². The SMILES string of the molecule is Cc1cccc([N+](=O)[O-])c1S(=O)(=O)Nc1ccccc1Sc1nccn1C. The Kier molecular flexibility index (Phi) is 5.19.